The first-order valence-electron chi connectivity index (χ1n) is 13.4. The molecule has 11 heteroatoms. The van der Waals surface area contributed by atoms with Crippen molar-refractivity contribution in [1.29, 1.82) is 0 Å². The van der Waals surface area contributed by atoms with Crippen LogP contribution in [0, 0.1) is 6.92 Å². The number of hydrogen-bond donors (Lipinski definition) is 1. The van der Waals surface area contributed by atoms with Crippen molar-refractivity contribution in [3.63, 3.8) is 0 Å². The number of ether oxygens (including phenoxy) is 2. The number of carboxylic acids is 1. The summed E-state index contributed by atoms with van der Waals surface area (Å²) in [5, 5.41) is 9.48. The van der Waals surface area contributed by atoms with E-state index in [2.05, 4.69) is 19.4 Å². The fraction of sp³-hybridized carbons (Fsp3) is 0.345. The molecule has 4 aromatic rings. The van der Waals surface area contributed by atoms with E-state index in [-0.39, 0.29) is 17.6 Å². The van der Waals surface area contributed by atoms with Gasteiger partial charge in [0.15, 0.2) is 0 Å². The molecule has 1 unspecified atom stereocenters. The Bertz CT molecular complexity index is 1540. The number of fused-ring (bicyclic) bond motifs is 1. The van der Waals surface area contributed by atoms with Crippen molar-refractivity contribution < 1.29 is 24.2 Å². The lowest BCUT2D eigenvalue weighted by molar-refractivity contribution is -0.0592. The first-order valence-corrected chi connectivity index (χ1v) is 13.4. The number of aromatic carboxylic acids is 1. The highest BCUT2D eigenvalue weighted by molar-refractivity contribution is 5.93. The summed E-state index contributed by atoms with van der Waals surface area (Å²) < 4.78 is 13.6. The molecule has 2 aliphatic rings. The van der Waals surface area contributed by atoms with Gasteiger partial charge in [-0.05, 0) is 43.7 Å². The van der Waals surface area contributed by atoms with Crippen molar-refractivity contribution in [1.82, 2.24) is 29.3 Å². The molecule has 11 nitrogen and oxygen atoms in total. The summed E-state index contributed by atoms with van der Waals surface area (Å²) in [6, 6.07) is 14.2. The van der Waals surface area contributed by atoms with E-state index in [9.17, 15) is 14.7 Å². The van der Waals surface area contributed by atoms with E-state index in [1.54, 1.807) is 29.2 Å². The Kier molecular flexibility index (Phi) is 7.14. The minimum absolute atomic E-state index is 0.104. The normalized spacial score (nSPS) is 17.5. The molecule has 40 heavy (non-hydrogen) atoms. The average molecular weight is 543 g/mol. The third-order valence-electron chi connectivity index (χ3n) is 7.38. The summed E-state index contributed by atoms with van der Waals surface area (Å²) in [6.45, 7) is 6.41. The Hall–Kier alpha value is -4.35. The molecular formula is C29H30N6O5. The van der Waals surface area contributed by atoms with Crippen LogP contribution in [0.1, 0.15) is 38.7 Å². The van der Waals surface area contributed by atoms with E-state index in [1.807, 2.05) is 31.2 Å². The van der Waals surface area contributed by atoms with Crippen molar-refractivity contribution in [3.05, 3.63) is 77.5 Å². The molecule has 2 fully saturated rings. The van der Waals surface area contributed by atoms with Gasteiger partial charge in [-0.1, -0.05) is 17.7 Å². The van der Waals surface area contributed by atoms with E-state index in [4.69, 9.17) is 14.5 Å². The fourth-order valence-corrected chi connectivity index (χ4v) is 4.97. The molecule has 2 aliphatic heterocycles. The highest BCUT2D eigenvalue weighted by Crippen LogP contribution is 2.24. The summed E-state index contributed by atoms with van der Waals surface area (Å²) in [5.74, 6) is 0.703. The molecular weight excluding hydrogens is 512 g/mol. The summed E-state index contributed by atoms with van der Waals surface area (Å²) in [7, 11) is 0. The van der Waals surface area contributed by atoms with Crippen LogP contribution < -0.4 is 4.74 Å². The molecule has 206 valence electrons. The number of nitrogens with zero attached hydrogens (tertiary/aromatic N) is 6. The predicted molar refractivity (Wildman–Crippen MR) is 146 cm³/mol. The predicted octanol–water partition coefficient (Wildman–Crippen LogP) is 3.37. The zero-order chi connectivity index (χ0) is 27.6. The van der Waals surface area contributed by atoms with Gasteiger partial charge in [0.1, 0.15) is 23.6 Å². The van der Waals surface area contributed by atoms with E-state index in [0.717, 1.165) is 35.4 Å². The third kappa shape index (κ3) is 5.51. The lowest BCUT2D eigenvalue weighted by atomic mass is 10.1. The first-order chi connectivity index (χ1) is 19.4. The van der Waals surface area contributed by atoms with Crippen LogP contribution in [-0.2, 0) is 17.8 Å². The number of amides is 1. The van der Waals surface area contributed by atoms with Crippen LogP contribution in [-0.4, -0.2) is 85.2 Å². The topological polar surface area (TPSA) is 123 Å². The van der Waals surface area contributed by atoms with Gasteiger partial charge in [0, 0.05) is 38.9 Å². The van der Waals surface area contributed by atoms with Gasteiger partial charge in [0.05, 0.1) is 35.8 Å². The standard InChI is InChI=1S/C29H30N6O5/c1-19-2-5-21(6-3-19)40-27-15-24(30-18-31-27)28(36)34-11-9-33(10-12-34)17-26-32-23-7-4-20(29(37)38)14-25(23)35(26)16-22-8-13-39-22/h2-7,14-15,18,22H,8-13,16-17H2,1H3,(H,37,38). The van der Waals surface area contributed by atoms with Gasteiger partial charge in [-0.2, -0.15) is 0 Å². The zero-order valence-corrected chi connectivity index (χ0v) is 22.2. The molecule has 0 bridgehead atoms. The maximum absolute atomic E-state index is 13.2. The lowest BCUT2D eigenvalue weighted by Crippen LogP contribution is -2.48. The number of rotatable bonds is 8. The van der Waals surface area contributed by atoms with Crippen LogP contribution in [0.3, 0.4) is 0 Å². The van der Waals surface area contributed by atoms with Gasteiger partial charge < -0.3 is 24.0 Å². The maximum Gasteiger partial charge on any atom is 0.335 e. The monoisotopic (exact) mass is 542 g/mol. The lowest BCUT2D eigenvalue weighted by Gasteiger charge is -2.34. The largest absolute Gasteiger partial charge is 0.478 e. The highest BCUT2D eigenvalue weighted by Gasteiger charge is 2.27. The molecule has 2 aromatic carbocycles. The SMILES string of the molecule is Cc1ccc(Oc2cc(C(=O)N3CCN(Cc4nc5ccc(C(=O)O)cc5n4CC4CCO4)CC3)ncn2)cc1. The van der Waals surface area contributed by atoms with Crippen LogP contribution in [0.5, 0.6) is 11.6 Å². The number of carbonyl (C=O) groups is 2. The minimum Gasteiger partial charge on any atom is -0.478 e. The number of carbonyl (C=O) groups excluding carboxylic acids is 1. The molecule has 1 amide bonds. The minimum atomic E-state index is -0.964. The Morgan fingerprint density at radius 3 is 2.52 bits per heavy atom. The van der Waals surface area contributed by atoms with E-state index in [0.29, 0.717) is 56.6 Å². The summed E-state index contributed by atoms with van der Waals surface area (Å²) in [5.41, 5.74) is 3.22. The number of hydrogen-bond acceptors (Lipinski definition) is 8. The third-order valence-corrected chi connectivity index (χ3v) is 7.38. The highest BCUT2D eigenvalue weighted by atomic mass is 16.5. The van der Waals surface area contributed by atoms with Crippen molar-refractivity contribution in [2.45, 2.75) is 32.5 Å². The van der Waals surface area contributed by atoms with Crippen molar-refractivity contribution in [2.75, 3.05) is 32.8 Å². The maximum atomic E-state index is 13.2. The number of piperazine rings is 1. The van der Waals surface area contributed by atoms with Crippen molar-refractivity contribution >= 4 is 22.9 Å². The van der Waals surface area contributed by atoms with Gasteiger partial charge in [0.25, 0.3) is 5.91 Å². The molecule has 1 atom stereocenters. The fourth-order valence-electron chi connectivity index (χ4n) is 4.97. The van der Waals surface area contributed by atoms with Crippen LogP contribution >= 0.6 is 0 Å². The van der Waals surface area contributed by atoms with E-state index in [1.165, 1.54) is 6.33 Å². The number of carboxylic acid groups (broad SMARTS) is 1. The van der Waals surface area contributed by atoms with Crippen LogP contribution in [0.15, 0.2) is 54.9 Å². The molecule has 0 aliphatic carbocycles. The Morgan fingerprint density at radius 1 is 1.05 bits per heavy atom. The Labute approximate surface area is 231 Å². The zero-order valence-electron chi connectivity index (χ0n) is 22.2. The molecule has 6 rings (SSSR count). The quantitative estimate of drug-likeness (QED) is 0.357. The van der Waals surface area contributed by atoms with Gasteiger partial charge in [0.2, 0.25) is 5.88 Å². The first kappa shape index (κ1) is 25.9. The second-order valence-electron chi connectivity index (χ2n) is 10.2. The molecule has 0 saturated carbocycles. The van der Waals surface area contributed by atoms with Crippen molar-refractivity contribution in [3.8, 4) is 11.6 Å². The van der Waals surface area contributed by atoms with Gasteiger partial charge in [-0.15, -0.1) is 0 Å². The molecule has 1 N–H and O–H groups in total. The van der Waals surface area contributed by atoms with Gasteiger partial charge in [-0.3, -0.25) is 9.69 Å². The molecule has 4 heterocycles. The number of benzene rings is 2. The van der Waals surface area contributed by atoms with E-state index < -0.39 is 5.97 Å². The van der Waals surface area contributed by atoms with Crippen LogP contribution in [0.4, 0.5) is 0 Å². The molecule has 2 saturated heterocycles. The average Bonchev–Trinajstić information content (AvgIpc) is 3.28. The number of aromatic nitrogens is 4. The summed E-state index contributed by atoms with van der Waals surface area (Å²) in [6.07, 6.45) is 2.42. The summed E-state index contributed by atoms with van der Waals surface area (Å²) in [4.78, 5) is 42.0. The van der Waals surface area contributed by atoms with Crippen LogP contribution in [0.25, 0.3) is 11.0 Å². The van der Waals surface area contributed by atoms with E-state index >= 15 is 0 Å². The molecule has 0 spiro atoms. The Morgan fingerprint density at radius 2 is 1.82 bits per heavy atom. The summed E-state index contributed by atoms with van der Waals surface area (Å²) >= 11 is 0. The second-order valence-corrected chi connectivity index (χ2v) is 10.2. The second kappa shape index (κ2) is 11.0. The molecule has 2 aromatic heterocycles. The Balaban J connectivity index is 1.12. The van der Waals surface area contributed by atoms with Crippen LogP contribution in [0.2, 0.25) is 0 Å². The number of aryl methyl sites for hydroxylation is 1. The van der Waals surface area contributed by atoms with Gasteiger partial charge >= 0.3 is 5.97 Å². The number of imidazole rings is 1. The van der Waals surface area contributed by atoms with Crippen molar-refractivity contribution in [2.24, 2.45) is 0 Å². The molecule has 0 radical (unpaired) electrons. The van der Waals surface area contributed by atoms with Gasteiger partial charge in [-0.25, -0.2) is 19.7 Å². The smallest absolute Gasteiger partial charge is 0.335 e.